The van der Waals surface area contributed by atoms with Gasteiger partial charge in [-0.25, -0.2) is 0 Å². The van der Waals surface area contributed by atoms with Gasteiger partial charge in [-0.15, -0.1) is 0 Å². The van der Waals surface area contributed by atoms with Crippen LogP contribution in [-0.2, 0) is 10.8 Å². The van der Waals surface area contributed by atoms with Crippen molar-refractivity contribution in [2.75, 3.05) is 5.75 Å². The Labute approximate surface area is 109 Å². The molecule has 1 aromatic heterocycles. The Balaban J connectivity index is 2.06. The van der Waals surface area contributed by atoms with E-state index in [0.29, 0.717) is 5.69 Å². The highest BCUT2D eigenvalue weighted by Crippen LogP contribution is 2.15. The Kier molecular flexibility index (Phi) is 4.23. The maximum Gasteiger partial charge on any atom is 0.108 e. The number of aliphatic hydroxyl groups is 1. The van der Waals surface area contributed by atoms with Crippen LogP contribution >= 0.6 is 0 Å². The molecular formula is C14H15NO2S. The molecule has 1 N–H and O–H groups in total. The van der Waals surface area contributed by atoms with E-state index in [9.17, 15) is 9.32 Å². The second-order valence-electron chi connectivity index (χ2n) is 4.10. The van der Waals surface area contributed by atoms with E-state index in [-0.39, 0.29) is 5.75 Å². The normalized spacial score (nSPS) is 14.1. The molecule has 94 valence electrons. The molecule has 1 aromatic carbocycles. The second kappa shape index (κ2) is 5.89. The molecule has 1 unspecified atom stereocenters. The summed E-state index contributed by atoms with van der Waals surface area (Å²) >= 11 is 0. The molecule has 0 saturated carbocycles. The second-order valence-corrected chi connectivity index (χ2v) is 5.59. The predicted octanol–water partition coefficient (Wildman–Crippen LogP) is 2.23. The maximum absolute atomic E-state index is 12.1. The zero-order valence-corrected chi connectivity index (χ0v) is 10.9. The molecule has 2 rings (SSSR count). The van der Waals surface area contributed by atoms with Crippen molar-refractivity contribution in [2.45, 2.75) is 17.9 Å². The van der Waals surface area contributed by atoms with Crippen LogP contribution in [0.1, 0.15) is 17.4 Å². The summed E-state index contributed by atoms with van der Waals surface area (Å²) in [5.41, 5.74) is 1.68. The lowest BCUT2D eigenvalue weighted by molar-refractivity contribution is 0.198. The minimum atomic E-state index is -1.21. The van der Waals surface area contributed by atoms with Crippen LogP contribution in [0.4, 0.5) is 0 Å². The molecular weight excluding hydrogens is 246 g/mol. The third-order valence-corrected chi connectivity index (χ3v) is 4.04. The molecule has 0 aliphatic heterocycles. The lowest BCUT2D eigenvalue weighted by Crippen LogP contribution is -2.10. The van der Waals surface area contributed by atoms with Gasteiger partial charge in [-0.05, 0) is 31.2 Å². The third-order valence-electron chi connectivity index (χ3n) is 2.62. The van der Waals surface area contributed by atoms with Crippen LogP contribution in [0.5, 0.6) is 0 Å². The van der Waals surface area contributed by atoms with Gasteiger partial charge in [-0.1, -0.05) is 23.8 Å². The first kappa shape index (κ1) is 12.9. The van der Waals surface area contributed by atoms with E-state index in [1.165, 1.54) is 0 Å². The van der Waals surface area contributed by atoms with Gasteiger partial charge >= 0.3 is 0 Å². The fourth-order valence-corrected chi connectivity index (χ4v) is 2.68. The molecule has 0 bridgehead atoms. The number of benzene rings is 1. The zero-order chi connectivity index (χ0) is 13.0. The fourth-order valence-electron chi connectivity index (χ4n) is 1.59. The molecule has 4 heteroatoms. The van der Waals surface area contributed by atoms with E-state index in [0.717, 1.165) is 10.5 Å². The minimum Gasteiger partial charge on any atom is -0.386 e. The Morgan fingerprint density at radius 2 is 1.94 bits per heavy atom. The van der Waals surface area contributed by atoms with Gasteiger partial charge in [0, 0.05) is 11.1 Å². The van der Waals surface area contributed by atoms with E-state index in [1.54, 1.807) is 24.4 Å². The number of pyridine rings is 1. The lowest BCUT2D eigenvalue weighted by atomic mass is 10.2. The van der Waals surface area contributed by atoms with Crippen LogP contribution in [-0.4, -0.2) is 20.1 Å². The third kappa shape index (κ3) is 3.24. The number of rotatable bonds is 4. The summed E-state index contributed by atoms with van der Waals surface area (Å²) in [5.74, 6) is 0.167. The van der Waals surface area contributed by atoms with E-state index < -0.39 is 16.9 Å². The smallest absolute Gasteiger partial charge is 0.108 e. The quantitative estimate of drug-likeness (QED) is 0.918. The molecule has 2 aromatic rings. The van der Waals surface area contributed by atoms with Crippen LogP contribution in [0, 0.1) is 6.92 Å². The molecule has 0 aliphatic carbocycles. The lowest BCUT2D eigenvalue weighted by Gasteiger charge is -2.09. The standard InChI is InChI=1S/C14H15NO2S/c1-11-5-7-12(8-6-11)18(17)10-14(16)13-4-2-3-9-15-13/h2-9,14,16H,10H2,1H3/t14-,18?/m1/s1. The molecule has 0 radical (unpaired) electrons. The number of nitrogens with zero attached hydrogens (tertiary/aromatic N) is 1. The first-order chi connectivity index (χ1) is 8.66. The predicted molar refractivity (Wildman–Crippen MR) is 71.7 cm³/mol. The van der Waals surface area contributed by atoms with Gasteiger partial charge in [0.2, 0.25) is 0 Å². The van der Waals surface area contributed by atoms with Crippen molar-refractivity contribution < 1.29 is 9.32 Å². The first-order valence-electron chi connectivity index (χ1n) is 5.71. The SMILES string of the molecule is Cc1ccc(S(=O)C[C@@H](O)c2ccccn2)cc1. The first-order valence-corrected chi connectivity index (χ1v) is 7.03. The summed E-state index contributed by atoms with van der Waals surface area (Å²) in [4.78, 5) is 4.79. The van der Waals surface area contributed by atoms with Crippen LogP contribution in [0.25, 0.3) is 0 Å². The van der Waals surface area contributed by atoms with Gasteiger partial charge in [-0.3, -0.25) is 9.19 Å². The van der Waals surface area contributed by atoms with Crippen LogP contribution in [0.3, 0.4) is 0 Å². The average molecular weight is 261 g/mol. The summed E-state index contributed by atoms with van der Waals surface area (Å²) in [6.07, 6.45) is 0.821. The highest BCUT2D eigenvalue weighted by atomic mass is 32.2. The molecule has 3 nitrogen and oxygen atoms in total. The monoisotopic (exact) mass is 261 g/mol. The van der Waals surface area contributed by atoms with Gasteiger partial charge in [0.05, 0.1) is 22.2 Å². The van der Waals surface area contributed by atoms with E-state index in [2.05, 4.69) is 4.98 Å². The molecule has 0 spiro atoms. The highest BCUT2D eigenvalue weighted by Gasteiger charge is 2.14. The Morgan fingerprint density at radius 1 is 1.22 bits per heavy atom. The number of aliphatic hydroxyl groups excluding tert-OH is 1. The number of aromatic nitrogens is 1. The van der Waals surface area contributed by atoms with Crippen molar-refractivity contribution in [3.8, 4) is 0 Å². The minimum absolute atomic E-state index is 0.167. The van der Waals surface area contributed by atoms with E-state index >= 15 is 0 Å². The van der Waals surface area contributed by atoms with Crippen LogP contribution < -0.4 is 0 Å². The van der Waals surface area contributed by atoms with Gasteiger partial charge in [0.15, 0.2) is 0 Å². The fraction of sp³-hybridized carbons (Fsp3) is 0.214. The van der Waals surface area contributed by atoms with Crippen molar-refractivity contribution in [3.05, 3.63) is 59.9 Å². The summed E-state index contributed by atoms with van der Waals surface area (Å²) in [5, 5.41) is 9.95. The molecule has 0 saturated heterocycles. The number of hydrogen-bond donors (Lipinski definition) is 1. The van der Waals surface area contributed by atoms with Crippen molar-refractivity contribution in [3.63, 3.8) is 0 Å². The van der Waals surface area contributed by atoms with Gasteiger partial charge < -0.3 is 5.11 Å². The van der Waals surface area contributed by atoms with Crippen LogP contribution in [0.15, 0.2) is 53.6 Å². The topological polar surface area (TPSA) is 50.2 Å². The molecule has 1 heterocycles. The van der Waals surface area contributed by atoms with Crippen LogP contribution in [0.2, 0.25) is 0 Å². The number of hydrogen-bond acceptors (Lipinski definition) is 3. The Bertz CT molecular complexity index is 525. The van der Waals surface area contributed by atoms with Crippen molar-refractivity contribution in [2.24, 2.45) is 0 Å². The number of aryl methyl sites for hydroxylation is 1. The average Bonchev–Trinajstić information content (AvgIpc) is 2.40. The van der Waals surface area contributed by atoms with Gasteiger partial charge in [0.25, 0.3) is 0 Å². The molecule has 0 aliphatic rings. The van der Waals surface area contributed by atoms with Crippen molar-refractivity contribution in [1.82, 2.24) is 4.98 Å². The van der Waals surface area contributed by atoms with E-state index in [1.807, 2.05) is 31.2 Å². The van der Waals surface area contributed by atoms with E-state index in [4.69, 9.17) is 0 Å². The molecule has 18 heavy (non-hydrogen) atoms. The largest absolute Gasteiger partial charge is 0.386 e. The maximum atomic E-state index is 12.1. The van der Waals surface area contributed by atoms with Crippen molar-refractivity contribution >= 4 is 10.8 Å². The summed E-state index contributed by atoms with van der Waals surface area (Å²) in [7, 11) is -1.21. The summed E-state index contributed by atoms with van der Waals surface area (Å²) in [6.45, 7) is 1.98. The Hall–Kier alpha value is -1.52. The van der Waals surface area contributed by atoms with Crippen molar-refractivity contribution in [1.29, 1.82) is 0 Å². The van der Waals surface area contributed by atoms with Gasteiger partial charge in [0.1, 0.15) is 6.10 Å². The zero-order valence-electron chi connectivity index (χ0n) is 10.1. The molecule has 2 atom stereocenters. The summed E-state index contributed by atoms with van der Waals surface area (Å²) in [6, 6.07) is 12.8. The molecule has 0 amide bonds. The molecule has 0 fully saturated rings. The highest BCUT2D eigenvalue weighted by molar-refractivity contribution is 7.85. The van der Waals surface area contributed by atoms with Gasteiger partial charge in [-0.2, -0.15) is 0 Å². The Morgan fingerprint density at radius 3 is 2.56 bits per heavy atom. The summed E-state index contributed by atoms with van der Waals surface area (Å²) < 4.78 is 12.1.